The second kappa shape index (κ2) is 6.73. The summed E-state index contributed by atoms with van der Waals surface area (Å²) in [5.74, 6) is 0. The minimum absolute atomic E-state index is 0.102. The lowest BCUT2D eigenvalue weighted by Gasteiger charge is -2.20. The van der Waals surface area contributed by atoms with Crippen molar-refractivity contribution in [3.05, 3.63) is 46.0 Å². The highest BCUT2D eigenvalue weighted by molar-refractivity contribution is 5.39. The van der Waals surface area contributed by atoms with Gasteiger partial charge in [-0.05, 0) is 18.6 Å². The minimum Gasteiger partial charge on any atom is -0.395 e. The van der Waals surface area contributed by atoms with E-state index in [2.05, 4.69) is 4.98 Å². The summed E-state index contributed by atoms with van der Waals surface area (Å²) in [6.45, 7) is 1.39. The van der Waals surface area contributed by atoms with Gasteiger partial charge in [-0.1, -0.05) is 6.07 Å². The number of aromatic nitrogens is 2. The number of rotatable bonds is 6. The van der Waals surface area contributed by atoms with Crippen molar-refractivity contribution in [2.75, 3.05) is 19.7 Å². The molecule has 0 unspecified atom stereocenters. The van der Waals surface area contributed by atoms with Gasteiger partial charge in [0.2, 0.25) is 0 Å². The molecular weight excluding hydrogens is 280 g/mol. The second-order valence-electron chi connectivity index (χ2n) is 4.87. The first-order valence-electron chi connectivity index (χ1n) is 6.60. The second-order valence-corrected chi connectivity index (χ2v) is 4.87. The van der Waals surface area contributed by atoms with Gasteiger partial charge in [0.05, 0.1) is 18.8 Å². The highest BCUT2D eigenvalue weighted by atomic mass is 19.3. The SMILES string of the molecule is Cc1ccc2nc(CN(CCO)CC(F)F)cc(=O)n2c1. The first-order chi connectivity index (χ1) is 9.99. The van der Waals surface area contributed by atoms with E-state index in [4.69, 9.17) is 5.11 Å². The molecule has 2 aromatic rings. The predicted octanol–water partition coefficient (Wildman–Crippen LogP) is 1.06. The molecule has 5 nitrogen and oxygen atoms in total. The van der Waals surface area contributed by atoms with Crippen molar-refractivity contribution < 1.29 is 13.9 Å². The predicted molar refractivity (Wildman–Crippen MR) is 74.6 cm³/mol. The molecule has 0 fully saturated rings. The molecule has 0 aliphatic carbocycles. The Morgan fingerprint density at radius 3 is 2.86 bits per heavy atom. The van der Waals surface area contributed by atoms with Crippen molar-refractivity contribution in [3.63, 3.8) is 0 Å². The number of alkyl halides is 2. The molecule has 7 heteroatoms. The molecule has 0 saturated carbocycles. The molecule has 0 aromatic carbocycles. The fourth-order valence-electron chi connectivity index (χ4n) is 2.14. The van der Waals surface area contributed by atoms with Gasteiger partial charge in [0.25, 0.3) is 12.0 Å². The first-order valence-corrected chi connectivity index (χ1v) is 6.60. The molecular formula is C14H17F2N3O2. The van der Waals surface area contributed by atoms with Gasteiger partial charge >= 0.3 is 0 Å². The van der Waals surface area contributed by atoms with Gasteiger partial charge in [-0.2, -0.15) is 0 Å². The lowest BCUT2D eigenvalue weighted by atomic mass is 10.3. The van der Waals surface area contributed by atoms with Gasteiger partial charge in [-0.3, -0.25) is 14.1 Å². The summed E-state index contributed by atoms with van der Waals surface area (Å²) in [4.78, 5) is 17.7. The summed E-state index contributed by atoms with van der Waals surface area (Å²) < 4.78 is 26.4. The zero-order valence-corrected chi connectivity index (χ0v) is 11.7. The Labute approximate surface area is 120 Å². The lowest BCUT2D eigenvalue weighted by molar-refractivity contribution is 0.0740. The number of hydrogen-bond acceptors (Lipinski definition) is 4. The van der Waals surface area contributed by atoms with Crippen molar-refractivity contribution in [1.82, 2.24) is 14.3 Å². The minimum atomic E-state index is -2.50. The Bertz CT molecular complexity index is 673. The number of aliphatic hydroxyl groups is 1. The summed E-state index contributed by atoms with van der Waals surface area (Å²) in [5, 5.41) is 8.91. The molecule has 2 aromatic heterocycles. The van der Waals surface area contributed by atoms with Crippen LogP contribution in [0.1, 0.15) is 11.3 Å². The van der Waals surface area contributed by atoms with Crippen LogP contribution in [0.4, 0.5) is 8.78 Å². The standard InChI is InChI=1S/C14H17F2N3O2/c1-10-2-3-13-17-11(6-14(21)19(13)7-10)8-18(4-5-20)9-12(15)16/h2-3,6-7,12,20H,4-5,8-9H2,1H3. The van der Waals surface area contributed by atoms with Crippen LogP contribution >= 0.6 is 0 Å². The van der Waals surface area contributed by atoms with Crippen LogP contribution in [0.2, 0.25) is 0 Å². The quantitative estimate of drug-likeness (QED) is 0.866. The van der Waals surface area contributed by atoms with Gasteiger partial charge in [0.15, 0.2) is 0 Å². The maximum absolute atomic E-state index is 12.5. The fraction of sp³-hybridized carbons (Fsp3) is 0.429. The van der Waals surface area contributed by atoms with E-state index in [1.165, 1.54) is 15.4 Å². The zero-order valence-electron chi connectivity index (χ0n) is 11.7. The molecule has 2 heterocycles. The molecule has 1 N–H and O–H groups in total. The van der Waals surface area contributed by atoms with E-state index in [9.17, 15) is 13.6 Å². The number of fused-ring (bicyclic) bond motifs is 1. The average molecular weight is 297 g/mol. The Balaban J connectivity index is 2.29. The Morgan fingerprint density at radius 1 is 1.43 bits per heavy atom. The third-order valence-electron chi connectivity index (χ3n) is 3.06. The molecule has 0 amide bonds. The third-order valence-corrected chi connectivity index (χ3v) is 3.06. The summed E-state index contributed by atoms with van der Waals surface area (Å²) in [5.41, 5.74) is 1.57. The number of halogens is 2. The van der Waals surface area contributed by atoms with Gasteiger partial charge in [0.1, 0.15) is 5.65 Å². The molecule has 0 atom stereocenters. The topological polar surface area (TPSA) is 57.8 Å². The molecule has 114 valence electrons. The van der Waals surface area contributed by atoms with Crippen molar-refractivity contribution in [2.45, 2.75) is 19.9 Å². The lowest BCUT2D eigenvalue weighted by Crippen LogP contribution is -2.32. The van der Waals surface area contributed by atoms with Crippen LogP contribution in [-0.2, 0) is 6.54 Å². The van der Waals surface area contributed by atoms with E-state index in [1.54, 1.807) is 12.3 Å². The Hall–Kier alpha value is -1.86. The van der Waals surface area contributed by atoms with Crippen molar-refractivity contribution >= 4 is 5.65 Å². The summed E-state index contributed by atoms with van der Waals surface area (Å²) in [6, 6.07) is 4.88. The highest BCUT2D eigenvalue weighted by Gasteiger charge is 2.13. The molecule has 0 bridgehead atoms. The van der Waals surface area contributed by atoms with Crippen molar-refractivity contribution in [2.24, 2.45) is 0 Å². The number of nitrogens with zero attached hydrogens (tertiary/aromatic N) is 3. The van der Waals surface area contributed by atoms with Gasteiger partial charge in [-0.15, -0.1) is 0 Å². The number of aryl methyl sites for hydroxylation is 1. The number of hydrogen-bond donors (Lipinski definition) is 1. The van der Waals surface area contributed by atoms with Crippen LogP contribution in [0.5, 0.6) is 0 Å². The normalized spacial score (nSPS) is 11.7. The van der Waals surface area contributed by atoms with Crippen molar-refractivity contribution in [1.29, 1.82) is 0 Å². The summed E-state index contributed by atoms with van der Waals surface area (Å²) >= 11 is 0. The van der Waals surface area contributed by atoms with Crippen LogP contribution in [0.15, 0.2) is 29.2 Å². The molecule has 21 heavy (non-hydrogen) atoms. The monoisotopic (exact) mass is 297 g/mol. The van der Waals surface area contributed by atoms with Gasteiger partial charge < -0.3 is 5.11 Å². The molecule has 2 rings (SSSR count). The van der Waals surface area contributed by atoms with E-state index < -0.39 is 13.0 Å². The highest BCUT2D eigenvalue weighted by Crippen LogP contribution is 2.06. The molecule has 0 saturated heterocycles. The Morgan fingerprint density at radius 2 is 2.19 bits per heavy atom. The summed E-state index contributed by atoms with van der Waals surface area (Å²) in [7, 11) is 0. The van der Waals surface area contributed by atoms with E-state index >= 15 is 0 Å². The van der Waals surface area contributed by atoms with Crippen LogP contribution in [0, 0.1) is 6.92 Å². The van der Waals surface area contributed by atoms with Gasteiger partial charge in [-0.25, -0.2) is 13.8 Å². The molecule has 0 spiro atoms. The zero-order chi connectivity index (χ0) is 15.4. The number of pyridine rings is 1. The summed E-state index contributed by atoms with van der Waals surface area (Å²) in [6.07, 6.45) is -0.820. The van der Waals surface area contributed by atoms with Crippen LogP contribution in [-0.4, -0.2) is 45.5 Å². The molecule has 0 radical (unpaired) electrons. The first kappa shape index (κ1) is 15.5. The van der Waals surface area contributed by atoms with Crippen LogP contribution in [0.3, 0.4) is 0 Å². The fourth-order valence-corrected chi connectivity index (χ4v) is 2.14. The Kier molecular flexibility index (Phi) is 4.98. The van der Waals surface area contributed by atoms with Crippen molar-refractivity contribution in [3.8, 4) is 0 Å². The third kappa shape index (κ3) is 4.05. The maximum Gasteiger partial charge on any atom is 0.258 e. The van der Waals surface area contributed by atoms with E-state index in [0.29, 0.717) is 11.3 Å². The average Bonchev–Trinajstić information content (AvgIpc) is 2.39. The van der Waals surface area contributed by atoms with E-state index in [0.717, 1.165) is 5.56 Å². The van der Waals surface area contributed by atoms with E-state index in [1.807, 2.05) is 13.0 Å². The maximum atomic E-state index is 12.5. The smallest absolute Gasteiger partial charge is 0.258 e. The van der Waals surface area contributed by atoms with Crippen LogP contribution in [0.25, 0.3) is 5.65 Å². The van der Waals surface area contributed by atoms with E-state index in [-0.39, 0.29) is 25.3 Å². The largest absolute Gasteiger partial charge is 0.395 e. The molecule has 0 aliphatic rings. The number of aliphatic hydroxyl groups excluding tert-OH is 1. The molecule has 0 aliphatic heterocycles. The van der Waals surface area contributed by atoms with Gasteiger partial charge in [0, 0.05) is 25.4 Å². The van der Waals surface area contributed by atoms with Crippen LogP contribution < -0.4 is 5.56 Å².